The van der Waals surface area contributed by atoms with Gasteiger partial charge in [-0.3, -0.25) is 9.59 Å². The van der Waals surface area contributed by atoms with E-state index in [4.69, 9.17) is 9.05 Å². The zero-order chi connectivity index (χ0) is 17.6. The van der Waals surface area contributed by atoms with Gasteiger partial charge in [0.1, 0.15) is 12.4 Å². The van der Waals surface area contributed by atoms with E-state index in [1.54, 1.807) is 0 Å². The van der Waals surface area contributed by atoms with Gasteiger partial charge in [-0.25, -0.2) is 8.42 Å². The Bertz CT molecular complexity index is 1260. The second kappa shape index (κ2) is 5.35. The quantitative estimate of drug-likeness (QED) is 0.530. The number of benzene rings is 2. The van der Waals surface area contributed by atoms with Crippen molar-refractivity contribution in [1.82, 2.24) is 10.3 Å². The largest absolute Gasteiger partial charge is 0.356 e. The van der Waals surface area contributed by atoms with E-state index in [0.29, 0.717) is 0 Å². The van der Waals surface area contributed by atoms with Crippen LogP contribution in [0, 0.1) is 0 Å². The van der Waals surface area contributed by atoms with Crippen LogP contribution in [0.5, 0.6) is 0 Å². The molecule has 4 rings (SSSR count). The maximum absolute atomic E-state index is 12.8. The van der Waals surface area contributed by atoms with Crippen LogP contribution in [0.4, 0.5) is 0 Å². The van der Waals surface area contributed by atoms with Gasteiger partial charge in [0.2, 0.25) is 20.7 Å². The minimum atomic E-state index is -3.96. The first-order valence-electron chi connectivity index (χ1n) is 6.99. The smallest absolute Gasteiger partial charge is 0.211 e. The highest BCUT2D eigenvalue weighted by Crippen LogP contribution is 2.25. The van der Waals surface area contributed by atoms with Crippen LogP contribution < -0.4 is 10.9 Å². The van der Waals surface area contributed by atoms with Crippen molar-refractivity contribution in [2.24, 2.45) is 0 Å². The Kier molecular flexibility index (Phi) is 3.25. The molecule has 0 amide bonds. The molecule has 9 heteroatoms. The molecule has 0 fully saturated rings. The van der Waals surface area contributed by atoms with Crippen LogP contribution in [0.1, 0.15) is 0 Å². The maximum Gasteiger partial charge on any atom is 0.211 e. The normalized spacial score (nSPS) is 11.8. The summed E-state index contributed by atoms with van der Waals surface area (Å²) in [6.07, 6.45) is 1.93. The molecule has 0 N–H and O–H groups in total. The van der Waals surface area contributed by atoms with E-state index in [1.807, 2.05) is 0 Å². The lowest BCUT2D eigenvalue weighted by atomic mass is 10.2. The maximum atomic E-state index is 12.8. The van der Waals surface area contributed by atoms with Crippen molar-refractivity contribution in [2.75, 3.05) is 0 Å². The minimum absolute atomic E-state index is 0.0978. The number of hydrogen-bond acceptors (Lipinski definition) is 8. The van der Waals surface area contributed by atoms with E-state index in [-0.39, 0.29) is 31.7 Å². The van der Waals surface area contributed by atoms with E-state index in [2.05, 4.69) is 10.3 Å². The lowest BCUT2D eigenvalue weighted by molar-refractivity contribution is 0.440. The predicted octanol–water partition coefficient (Wildman–Crippen LogP) is 1.52. The molecule has 0 aliphatic heterocycles. The van der Waals surface area contributed by atoms with E-state index < -0.39 is 20.7 Å². The number of sulfone groups is 1. The minimum Gasteiger partial charge on any atom is -0.356 e. The first-order valence-corrected chi connectivity index (χ1v) is 8.48. The van der Waals surface area contributed by atoms with Crippen LogP contribution in [0.25, 0.3) is 21.9 Å². The third-order valence-electron chi connectivity index (χ3n) is 3.70. The summed E-state index contributed by atoms with van der Waals surface area (Å²) in [5.74, 6) is 0. The SMILES string of the molecule is O=c1cnoc2ccc(S(=O)(=O)c3ccc4oncc(=O)c4c3)cc12. The predicted molar refractivity (Wildman–Crippen MR) is 86.0 cm³/mol. The summed E-state index contributed by atoms with van der Waals surface area (Å²) in [4.78, 5) is 23.5. The molecule has 8 nitrogen and oxygen atoms in total. The molecule has 0 bridgehead atoms. The topological polar surface area (TPSA) is 120 Å². The molecule has 2 heterocycles. The Morgan fingerprint density at radius 1 is 0.720 bits per heavy atom. The van der Waals surface area contributed by atoms with Crippen molar-refractivity contribution < 1.29 is 17.5 Å². The first-order chi connectivity index (χ1) is 12.0. The molecule has 0 radical (unpaired) electrons. The molecule has 124 valence electrons. The summed E-state index contributed by atoms with van der Waals surface area (Å²) in [5, 5.41) is 7.03. The molecule has 0 spiro atoms. The van der Waals surface area contributed by atoms with Gasteiger partial charge in [-0.05, 0) is 36.4 Å². The first kappa shape index (κ1) is 15.2. The van der Waals surface area contributed by atoms with Crippen molar-refractivity contribution in [3.63, 3.8) is 0 Å². The molecule has 0 unspecified atom stereocenters. The van der Waals surface area contributed by atoms with E-state index in [9.17, 15) is 18.0 Å². The van der Waals surface area contributed by atoms with Crippen molar-refractivity contribution >= 4 is 31.8 Å². The summed E-state index contributed by atoms with van der Waals surface area (Å²) in [5.41, 5.74) is -0.555. The summed E-state index contributed by atoms with van der Waals surface area (Å²) >= 11 is 0. The van der Waals surface area contributed by atoms with Gasteiger partial charge in [-0.15, -0.1) is 0 Å². The number of aromatic nitrogens is 2. The van der Waals surface area contributed by atoms with Crippen LogP contribution >= 0.6 is 0 Å². The second-order valence-corrected chi connectivity index (χ2v) is 7.15. The molecule has 0 aliphatic rings. The number of hydrogen-bond donors (Lipinski definition) is 0. The van der Waals surface area contributed by atoms with Crippen molar-refractivity contribution in [2.45, 2.75) is 9.79 Å². The van der Waals surface area contributed by atoms with E-state index >= 15 is 0 Å². The monoisotopic (exact) mass is 356 g/mol. The Morgan fingerprint density at radius 2 is 1.16 bits per heavy atom. The summed E-state index contributed by atoms with van der Waals surface area (Å²) < 4.78 is 35.6. The molecule has 0 saturated carbocycles. The average molecular weight is 356 g/mol. The van der Waals surface area contributed by atoms with E-state index in [0.717, 1.165) is 12.4 Å². The molecule has 2 aromatic heterocycles. The molecule has 4 aromatic rings. The molecule has 2 aromatic carbocycles. The van der Waals surface area contributed by atoms with Gasteiger partial charge >= 0.3 is 0 Å². The third kappa shape index (κ3) is 2.41. The van der Waals surface area contributed by atoms with Crippen LogP contribution in [0.3, 0.4) is 0 Å². The lowest BCUT2D eigenvalue weighted by Gasteiger charge is -2.06. The molecule has 0 saturated heterocycles. The Hall–Kier alpha value is -3.33. The number of nitrogens with zero attached hydrogens (tertiary/aromatic N) is 2. The highest BCUT2D eigenvalue weighted by molar-refractivity contribution is 7.91. The van der Waals surface area contributed by atoms with Crippen LogP contribution in [0.15, 0.2) is 77.2 Å². The summed E-state index contributed by atoms with van der Waals surface area (Å²) in [6, 6.07) is 7.77. The number of rotatable bonds is 2. The van der Waals surface area contributed by atoms with Gasteiger partial charge in [0.25, 0.3) is 0 Å². The van der Waals surface area contributed by atoms with Crippen LogP contribution in [-0.2, 0) is 9.84 Å². The summed E-state index contributed by atoms with van der Waals surface area (Å²) in [6.45, 7) is 0. The second-order valence-electron chi connectivity index (χ2n) is 5.20. The average Bonchev–Trinajstić information content (AvgIpc) is 2.62. The Labute approximate surface area is 139 Å². The third-order valence-corrected chi connectivity index (χ3v) is 5.44. The van der Waals surface area contributed by atoms with Gasteiger partial charge in [0.05, 0.1) is 20.6 Å². The molecule has 0 aliphatic carbocycles. The van der Waals surface area contributed by atoms with Gasteiger partial charge in [-0.2, -0.15) is 0 Å². The molecule has 0 atom stereocenters. The summed E-state index contributed by atoms with van der Waals surface area (Å²) in [7, 11) is -3.96. The molecular weight excluding hydrogens is 348 g/mol. The zero-order valence-corrected chi connectivity index (χ0v) is 13.2. The fourth-order valence-corrected chi connectivity index (χ4v) is 3.75. The standard InChI is InChI=1S/C16H8N2O6S/c19-13-7-17-23-15-3-1-9(5-11(13)15)25(21,22)10-2-4-16-12(6-10)14(20)8-18-24-16/h1-8H. The fraction of sp³-hybridized carbons (Fsp3) is 0. The Balaban J connectivity index is 1.96. The lowest BCUT2D eigenvalue weighted by Crippen LogP contribution is -2.07. The number of fused-ring (bicyclic) bond motifs is 2. The zero-order valence-electron chi connectivity index (χ0n) is 12.4. The fourth-order valence-electron chi connectivity index (χ4n) is 2.43. The molecular formula is C16H8N2O6S. The highest BCUT2D eigenvalue weighted by atomic mass is 32.2. The van der Waals surface area contributed by atoms with Crippen LogP contribution in [-0.4, -0.2) is 18.7 Å². The van der Waals surface area contributed by atoms with E-state index in [1.165, 1.54) is 36.4 Å². The van der Waals surface area contributed by atoms with Gasteiger partial charge in [0, 0.05) is 0 Å². The van der Waals surface area contributed by atoms with Gasteiger partial charge in [0.15, 0.2) is 11.2 Å². The highest BCUT2D eigenvalue weighted by Gasteiger charge is 2.20. The van der Waals surface area contributed by atoms with Crippen molar-refractivity contribution in [3.8, 4) is 0 Å². The van der Waals surface area contributed by atoms with Crippen LogP contribution in [0.2, 0.25) is 0 Å². The van der Waals surface area contributed by atoms with Crippen molar-refractivity contribution in [3.05, 3.63) is 69.2 Å². The van der Waals surface area contributed by atoms with Crippen molar-refractivity contribution in [1.29, 1.82) is 0 Å². The van der Waals surface area contributed by atoms with Gasteiger partial charge in [-0.1, -0.05) is 10.3 Å². The Morgan fingerprint density at radius 3 is 1.60 bits per heavy atom. The van der Waals surface area contributed by atoms with Gasteiger partial charge < -0.3 is 9.05 Å². The molecule has 25 heavy (non-hydrogen) atoms.